The standard InChI is InChI=1S/C24H32O4Si/c1-6-27-23(26)22(25)17-19(2)18-28-29(24(3,4)5,20-13-9-7-10-14-20)21-15-11-8-12-16-21/h7-16,18,22,25H,6,17H2,1-5H3/b19-18+. The Hall–Kier alpha value is -2.37. The molecular formula is C24H32O4Si. The summed E-state index contributed by atoms with van der Waals surface area (Å²) in [5, 5.41) is 12.3. The molecule has 2 aromatic carbocycles. The van der Waals surface area contributed by atoms with E-state index in [-0.39, 0.29) is 18.1 Å². The highest BCUT2D eigenvalue weighted by molar-refractivity contribution is 6.99. The number of aliphatic hydroxyl groups excluding tert-OH is 1. The van der Waals surface area contributed by atoms with Gasteiger partial charge in [0.05, 0.1) is 12.9 Å². The molecule has 0 saturated heterocycles. The Labute approximate surface area is 175 Å². The van der Waals surface area contributed by atoms with Crippen molar-refractivity contribution in [3.05, 3.63) is 72.5 Å². The van der Waals surface area contributed by atoms with E-state index in [1.54, 1.807) is 13.2 Å². The number of aliphatic hydroxyl groups is 1. The van der Waals surface area contributed by atoms with E-state index >= 15 is 0 Å². The van der Waals surface area contributed by atoms with Gasteiger partial charge in [0.1, 0.15) is 0 Å². The van der Waals surface area contributed by atoms with E-state index in [0.29, 0.717) is 0 Å². The van der Waals surface area contributed by atoms with Crippen LogP contribution < -0.4 is 10.4 Å². The summed E-state index contributed by atoms with van der Waals surface area (Å²) < 4.78 is 11.6. The lowest BCUT2D eigenvalue weighted by Gasteiger charge is -2.42. The van der Waals surface area contributed by atoms with Crippen LogP contribution in [0, 0.1) is 0 Å². The Morgan fingerprint density at radius 3 is 1.93 bits per heavy atom. The largest absolute Gasteiger partial charge is 0.540 e. The van der Waals surface area contributed by atoms with E-state index in [1.165, 1.54) is 10.4 Å². The van der Waals surface area contributed by atoms with E-state index in [4.69, 9.17) is 9.16 Å². The van der Waals surface area contributed by atoms with Crippen LogP contribution in [0.1, 0.15) is 41.0 Å². The molecule has 0 saturated carbocycles. The van der Waals surface area contributed by atoms with E-state index < -0.39 is 20.4 Å². The molecule has 1 atom stereocenters. The van der Waals surface area contributed by atoms with Crippen LogP contribution >= 0.6 is 0 Å². The number of ether oxygens (including phenoxy) is 1. The van der Waals surface area contributed by atoms with Crippen molar-refractivity contribution in [2.24, 2.45) is 0 Å². The molecule has 29 heavy (non-hydrogen) atoms. The van der Waals surface area contributed by atoms with Crippen LogP contribution in [-0.2, 0) is 14.0 Å². The predicted octanol–water partition coefficient (Wildman–Crippen LogP) is 3.78. The number of hydrogen-bond acceptors (Lipinski definition) is 4. The van der Waals surface area contributed by atoms with E-state index in [0.717, 1.165) is 5.57 Å². The Morgan fingerprint density at radius 1 is 1.03 bits per heavy atom. The minimum absolute atomic E-state index is 0.147. The minimum atomic E-state index is -2.68. The molecule has 0 aliphatic carbocycles. The Balaban J connectivity index is 2.45. The van der Waals surface area contributed by atoms with Crippen LogP contribution in [-0.4, -0.2) is 32.1 Å². The fraction of sp³-hybridized carbons (Fsp3) is 0.375. The molecule has 0 heterocycles. The third-order valence-corrected chi connectivity index (χ3v) is 9.80. The molecule has 0 amide bonds. The van der Waals surface area contributed by atoms with Crippen molar-refractivity contribution in [3.8, 4) is 0 Å². The van der Waals surface area contributed by atoms with Gasteiger partial charge < -0.3 is 14.3 Å². The molecule has 2 aromatic rings. The topological polar surface area (TPSA) is 55.8 Å². The Morgan fingerprint density at radius 2 is 1.52 bits per heavy atom. The van der Waals surface area contributed by atoms with E-state index in [2.05, 4.69) is 45.0 Å². The summed E-state index contributed by atoms with van der Waals surface area (Å²) in [7, 11) is -2.68. The zero-order valence-corrected chi connectivity index (χ0v) is 19.0. The Bertz CT molecular complexity index is 770. The molecule has 0 spiro atoms. The molecule has 0 aliphatic rings. The maximum absolute atomic E-state index is 11.8. The molecule has 5 heteroatoms. The minimum Gasteiger partial charge on any atom is -0.540 e. The average molecular weight is 413 g/mol. The summed E-state index contributed by atoms with van der Waals surface area (Å²) >= 11 is 0. The van der Waals surface area contributed by atoms with Gasteiger partial charge in [-0.15, -0.1) is 0 Å². The van der Waals surface area contributed by atoms with Crippen molar-refractivity contribution in [3.63, 3.8) is 0 Å². The second-order valence-electron chi connectivity index (χ2n) is 8.22. The van der Waals surface area contributed by atoms with Crippen LogP contribution in [0.25, 0.3) is 0 Å². The van der Waals surface area contributed by atoms with Gasteiger partial charge in [0, 0.05) is 6.42 Å². The van der Waals surface area contributed by atoms with Crippen molar-refractivity contribution in [1.82, 2.24) is 0 Å². The first-order valence-electron chi connectivity index (χ1n) is 10.0. The maximum Gasteiger partial charge on any atom is 0.335 e. The van der Waals surface area contributed by atoms with Gasteiger partial charge in [-0.1, -0.05) is 81.4 Å². The third kappa shape index (κ3) is 5.37. The molecule has 0 fully saturated rings. The van der Waals surface area contributed by atoms with Crippen LogP contribution in [0.3, 0.4) is 0 Å². The molecule has 0 aromatic heterocycles. The number of hydrogen-bond donors (Lipinski definition) is 1. The predicted molar refractivity (Wildman–Crippen MR) is 120 cm³/mol. The summed E-state index contributed by atoms with van der Waals surface area (Å²) in [6, 6.07) is 20.7. The van der Waals surface area contributed by atoms with Gasteiger partial charge in [-0.05, 0) is 34.8 Å². The van der Waals surface area contributed by atoms with Crippen LogP contribution in [0.15, 0.2) is 72.5 Å². The third-order valence-electron chi connectivity index (χ3n) is 4.93. The van der Waals surface area contributed by atoms with Crippen molar-refractivity contribution in [1.29, 1.82) is 0 Å². The summed E-state index contributed by atoms with van der Waals surface area (Å²) in [5.41, 5.74) is 0.790. The highest BCUT2D eigenvalue weighted by Gasteiger charge is 2.51. The summed E-state index contributed by atoms with van der Waals surface area (Å²) in [5.74, 6) is -0.606. The molecule has 0 aliphatic heterocycles. The van der Waals surface area contributed by atoms with Gasteiger partial charge in [0.2, 0.25) is 0 Å². The van der Waals surface area contributed by atoms with Gasteiger partial charge in [0.15, 0.2) is 6.10 Å². The van der Waals surface area contributed by atoms with Crippen LogP contribution in [0.4, 0.5) is 0 Å². The van der Waals surface area contributed by atoms with Crippen molar-refractivity contribution < 1.29 is 19.1 Å². The number of esters is 1. The molecule has 1 unspecified atom stereocenters. The number of benzene rings is 2. The fourth-order valence-corrected chi connectivity index (χ4v) is 7.95. The maximum atomic E-state index is 11.8. The second kappa shape index (κ2) is 9.90. The number of carbonyl (C=O) groups excluding carboxylic acids is 1. The SMILES string of the molecule is CCOC(=O)C(O)C/C(C)=C/O[Si](c1ccccc1)(c1ccccc1)C(C)(C)C. The van der Waals surface area contributed by atoms with E-state index in [9.17, 15) is 9.90 Å². The first-order valence-corrected chi connectivity index (χ1v) is 11.9. The summed E-state index contributed by atoms with van der Waals surface area (Å²) in [4.78, 5) is 11.8. The molecule has 4 nitrogen and oxygen atoms in total. The van der Waals surface area contributed by atoms with Crippen molar-refractivity contribution in [2.45, 2.75) is 52.2 Å². The zero-order valence-electron chi connectivity index (χ0n) is 18.0. The average Bonchev–Trinajstić information content (AvgIpc) is 2.69. The van der Waals surface area contributed by atoms with E-state index in [1.807, 2.05) is 43.3 Å². The first-order chi connectivity index (χ1) is 13.7. The lowest BCUT2D eigenvalue weighted by molar-refractivity contribution is -0.152. The summed E-state index contributed by atoms with van der Waals surface area (Å²) in [6.45, 7) is 10.4. The lowest BCUT2D eigenvalue weighted by Crippen LogP contribution is -2.65. The van der Waals surface area contributed by atoms with Crippen molar-refractivity contribution in [2.75, 3.05) is 6.61 Å². The van der Waals surface area contributed by atoms with Crippen LogP contribution in [0.2, 0.25) is 5.04 Å². The quantitative estimate of drug-likeness (QED) is 0.407. The monoisotopic (exact) mass is 412 g/mol. The number of rotatable bonds is 8. The Kier molecular flexibility index (Phi) is 7.82. The zero-order chi connectivity index (χ0) is 21.5. The molecule has 2 rings (SSSR count). The number of carbonyl (C=O) groups is 1. The van der Waals surface area contributed by atoms with Gasteiger partial charge in [0.25, 0.3) is 0 Å². The van der Waals surface area contributed by atoms with Gasteiger partial charge in [-0.3, -0.25) is 0 Å². The van der Waals surface area contributed by atoms with Gasteiger partial charge in [-0.25, -0.2) is 4.79 Å². The normalized spacial score (nSPS) is 13.7. The van der Waals surface area contributed by atoms with Crippen molar-refractivity contribution >= 4 is 24.7 Å². The molecular weight excluding hydrogens is 380 g/mol. The fourth-order valence-electron chi connectivity index (χ4n) is 3.56. The molecule has 0 radical (unpaired) electrons. The highest BCUT2D eigenvalue weighted by atomic mass is 28.4. The smallest absolute Gasteiger partial charge is 0.335 e. The van der Waals surface area contributed by atoms with Gasteiger partial charge in [-0.2, -0.15) is 0 Å². The molecule has 156 valence electrons. The van der Waals surface area contributed by atoms with Gasteiger partial charge >= 0.3 is 14.3 Å². The summed E-state index contributed by atoms with van der Waals surface area (Å²) in [6.07, 6.45) is 0.714. The molecule has 1 N–H and O–H groups in total. The highest BCUT2D eigenvalue weighted by Crippen LogP contribution is 2.37. The lowest BCUT2D eigenvalue weighted by atomic mass is 10.1. The molecule has 0 bridgehead atoms. The second-order valence-corrected chi connectivity index (χ2v) is 12.5. The van der Waals surface area contributed by atoms with Crippen LogP contribution in [0.5, 0.6) is 0 Å². The first kappa shape index (κ1) is 22.9.